The van der Waals surface area contributed by atoms with Crippen LogP contribution in [0.4, 0.5) is 0 Å². The second-order valence-electron chi connectivity index (χ2n) is 6.29. The fourth-order valence-electron chi connectivity index (χ4n) is 2.58. The molecule has 0 saturated heterocycles. The van der Waals surface area contributed by atoms with Gasteiger partial charge in [0.2, 0.25) is 0 Å². The minimum absolute atomic E-state index is 0.105. The highest BCUT2D eigenvalue weighted by Gasteiger charge is 2.28. The monoisotopic (exact) mass is 292 g/mol. The summed E-state index contributed by atoms with van der Waals surface area (Å²) in [6.45, 7) is 8.71. The zero-order chi connectivity index (χ0) is 15.5. The van der Waals surface area contributed by atoms with Gasteiger partial charge in [-0.15, -0.1) is 0 Å². The predicted molar refractivity (Wildman–Crippen MR) is 86.0 cm³/mol. The first kappa shape index (κ1) is 16.1. The van der Waals surface area contributed by atoms with Crippen molar-refractivity contribution in [1.29, 1.82) is 0 Å². The Morgan fingerprint density at radius 3 is 2.52 bits per heavy atom. The van der Waals surface area contributed by atoms with Crippen molar-refractivity contribution in [2.75, 3.05) is 26.8 Å². The molecule has 2 rings (SSSR count). The molecule has 0 aromatic heterocycles. The first-order chi connectivity index (χ1) is 9.99. The summed E-state index contributed by atoms with van der Waals surface area (Å²) in [4.78, 5) is 2.35. The third-order valence-electron chi connectivity index (χ3n) is 4.67. The average molecular weight is 292 g/mol. The number of ether oxygens (including phenoxy) is 2. The van der Waals surface area contributed by atoms with E-state index in [0.717, 1.165) is 30.9 Å². The smallest absolute Gasteiger partial charge is 0.161 e. The third-order valence-corrected chi connectivity index (χ3v) is 4.67. The number of benzene rings is 1. The third kappa shape index (κ3) is 3.50. The van der Waals surface area contributed by atoms with E-state index in [2.05, 4.69) is 44.9 Å². The SMILES string of the molecule is CCC(C)(C)N(C)C(CN)c1ccc2c(c1)OCCCO2. The Hall–Kier alpha value is -1.26. The highest BCUT2D eigenvalue weighted by molar-refractivity contribution is 5.44. The lowest BCUT2D eigenvalue weighted by molar-refractivity contribution is 0.100. The number of fused-ring (bicyclic) bond motifs is 1. The number of hydrogen-bond donors (Lipinski definition) is 1. The zero-order valence-corrected chi connectivity index (χ0v) is 13.7. The molecule has 0 radical (unpaired) electrons. The minimum atomic E-state index is 0.105. The van der Waals surface area contributed by atoms with Gasteiger partial charge in [-0.1, -0.05) is 13.0 Å². The van der Waals surface area contributed by atoms with Gasteiger partial charge in [-0.05, 0) is 45.0 Å². The molecule has 1 atom stereocenters. The lowest BCUT2D eigenvalue weighted by Gasteiger charge is -2.40. The fourth-order valence-corrected chi connectivity index (χ4v) is 2.58. The van der Waals surface area contributed by atoms with Crippen molar-refractivity contribution in [3.8, 4) is 11.5 Å². The predicted octanol–water partition coefficient (Wildman–Crippen LogP) is 2.97. The number of rotatable bonds is 5. The number of nitrogens with zero attached hydrogens (tertiary/aromatic N) is 1. The Balaban J connectivity index is 2.28. The topological polar surface area (TPSA) is 47.7 Å². The van der Waals surface area contributed by atoms with Gasteiger partial charge in [-0.3, -0.25) is 4.90 Å². The highest BCUT2D eigenvalue weighted by atomic mass is 16.5. The van der Waals surface area contributed by atoms with Crippen molar-refractivity contribution in [2.45, 2.75) is 45.2 Å². The summed E-state index contributed by atoms with van der Waals surface area (Å²) >= 11 is 0. The molecule has 1 aromatic rings. The molecule has 0 saturated carbocycles. The average Bonchev–Trinajstić information content (AvgIpc) is 2.72. The maximum Gasteiger partial charge on any atom is 0.161 e. The largest absolute Gasteiger partial charge is 0.490 e. The van der Waals surface area contributed by atoms with Gasteiger partial charge >= 0.3 is 0 Å². The molecule has 21 heavy (non-hydrogen) atoms. The van der Waals surface area contributed by atoms with E-state index in [4.69, 9.17) is 15.2 Å². The molecular weight excluding hydrogens is 264 g/mol. The Morgan fingerprint density at radius 1 is 1.24 bits per heavy atom. The van der Waals surface area contributed by atoms with Crippen LogP contribution in [-0.4, -0.2) is 37.2 Å². The van der Waals surface area contributed by atoms with Crippen molar-refractivity contribution in [3.05, 3.63) is 23.8 Å². The lowest BCUT2D eigenvalue weighted by Crippen LogP contribution is -2.45. The maximum atomic E-state index is 6.05. The van der Waals surface area contributed by atoms with Crippen molar-refractivity contribution >= 4 is 0 Å². The van der Waals surface area contributed by atoms with Crippen molar-refractivity contribution < 1.29 is 9.47 Å². The van der Waals surface area contributed by atoms with Crippen LogP contribution in [-0.2, 0) is 0 Å². The Bertz CT molecular complexity index is 474. The molecule has 1 heterocycles. The van der Waals surface area contributed by atoms with E-state index < -0.39 is 0 Å². The highest BCUT2D eigenvalue weighted by Crippen LogP contribution is 2.35. The van der Waals surface area contributed by atoms with Gasteiger partial charge in [0, 0.05) is 24.5 Å². The molecule has 0 aliphatic carbocycles. The molecule has 1 aromatic carbocycles. The van der Waals surface area contributed by atoms with Crippen molar-refractivity contribution in [2.24, 2.45) is 5.73 Å². The minimum Gasteiger partial charge on any atom is -0.490 e. The first-order valence-electron chi connectivity index (χ1n) is 7.82. The molecule has 1 aliphatic heterocycles. The van der Waals surface area contributed by atoms with E-state index >= 15 is 0 Å². The summed E-state index contributed by atoms with van der Waals surface area (Å²) < 4.78 is 11.5. The standard InChI is InChI=1S/C17H28N2O2/c1-5-17(2,3)19(4)14(12-18)13-7-8-15-16(11-13)21-10-6-9-20-15/h7-8,11,14H,5-6,9-10,12,18H2,1-4H3. The van der Waals surface area contributed by atoms with Crippen LogP contribution < -0.4 is 15.2 Å². The summed E-state index contributed by atoms with van der Waals surface area (Å²) in [5.74, 6) is 1.68. The van der Waals surface area contributed by atoms with Crippen LogP contribution in [0.3, 0.4) is 0 Å². The summed E-state index contributed by atoms with van der Waals surface area (Å²) in [7, 11) is 2.14. The van der Waals surface area contributed by atoms with Gasteiger partial charge in [-0.2, -0.15) is 0 Å². The summed E-state index contributed by atoms with van der Waals surface area (Å²) in [6, 6.07) is 6.37. The van der Waals surface area contributed by atoms with Crippen molar-refractivity contribution in [1.82, 2.24) is 4.90 Å². The van der Waals surface area contributed by atoms with Crippen LogP contribution >= 0.6 is 0 Å². The Labute approximate surface area is 128 Å². The van der Waals surface area contributed by atoms with E-state index in [-0.39, 0.29) is 11.6 Å². The summed E-state index contributed by atoms with van der Waals surface area (Å²) in [5, 5.41) is 0. The maximum absolute atomic E-state index is 6.05. The first-order valence-corrected chi connectivity index (χ1v) is 7.82. The number of likely N-dealkylation sites (N-methyl/N-ethyl adjacent to an activating group) is 1. The zero-order valence-electron chi connectivity index (χ0n) is 13.7. The fraction of sp³-hybridized carbons (Fsp3) is 0.647. The molecule has 118 valence electrons. The van der Waals surface area contributed by atoms with Crippen LogP contribution in [0, 0.1) is 0 Å². The van der Waals surface area contributed by atoms with E-state index in [1.807, 2.05) is 6.07 Å². The van der Waals surface area contributed by atoms with Crippen LogP contribution in [0.15, 0.2) is 18.2 Å². The van der Waals surface area contributed by atoms with Gasteiger partial charge in [0.25, 0.3) is 0 Å². The van der Waals surface area contributed by atoms with E-state index in [1.54, 1.807) is 0 Å². The molecule has 0 bridgehead atoms. The second-order valence-corrected chi connectivity index (χ2v) is 6.29. The molecule has 4 heteroatoms. The van der Waals surface area contributed by atoms with E-state index in [0.29, 0.717) is 13.2 Å². The molecule has 2 N–H and O–H groups in total. The van der Waals surface area contributed by atoms with Crippen LogP contribution in [0.5, 0.6) is 11.5 Å². The van der Waals surface area contributed by atoms with Gasteiger partial charge < -0.3 is 15.2 Å². The Morgan fingerprint density at radius 2 is 1.90 bits per heavy atom. The molecule has 0 spiro atoms. The molecular formula is C17H28N2O2. The normalized spacial score (nSPS) is 16.7. The molecule has 0 amide bonds. The quantitative estimate of drug-likeness (QED) is 0.906. The van der Waals surface area contributed by atoms with E-state index in [9.17, 15) is 0 Å². The van der Waals surface area contributed by atoms with Crippen LogP contribution in [0.25, 0.3) is 0 Å². The number of nitrogens with two attached hydrogens (primary N) is 1. The van der Waals surface area contributed by atoms with Crippen LogP contribution in [0.2, 0.25) is 0 Å². The second kappa shape index (κ2) is 6.67. The molecule has 4 nitrogen and oxygen atoms in total. The molecule has 1 aliphatic rings. The van der Waals surface area contributed by atoms with Gasteiger partial charge in [-0.25, -0.2) is 0 Å². The summed E-state index contributed by atoms with van der Waals surface area (Å²) in [5.41, 5.74) is 7.34. The number of hydrogen-bond acceptors (Lipinski definition) is 4. The Kier molecular flexibility index (Phi) is 5.12. The van der Waals surface area contributed by atoms with Gasteiger partial charge in [0.15, 0.2) is 11.5 Å². The van der Waals surface area contributed by atoms with Crippen LogP contribution in [0.1, 0.15) is 45.2 Å². The molecule has 1 unspecified atom stereocenters. The van der Waals surface area contributed by atoms with Gasteiger partial charge in [0.05, 0.1) is 13.2 Å². The van der Waals surface area contributed by atoms with Gasteiger partial charge in [0.1, 0.15) is 0 Å². The summed E-state index contributed by atoms with van der Waals surface area (Å²) in [6.07, 6.45) is 2.00. The van der Waals surface area contributed by atoms with E-state index in [1.165, 1.54) is 5.56 Å². The van der Waals surface area contributed by atoms with Crippen molar-refractivity contribution in [3.63, 3.8) is 0 Å². The lowest BCUT2D eigenvalue weighted by atomic mass is 9.94. The molecule has 0 fully saturated rings.